The van der Waals surface area contributed by atoms with Crippen molar-refractivity contribution in [2.75, 3.05) is 32.8 Å². The van der Waals surface area contributed by atoms with Crippen LogP contribution in [0, 0.1) is 11.3 Å². The molecule has 0 aliphatic carbocycles. The van der Waals surface area contributed by atoms with Crippen LogP contribution in [-0.2, 0) is 20.7 Å². The molecule has 2 saturated heterocycles. The number of nitrogens with one attached hydrogen (secondary N) is 1. The van der Waals surface area contributed by atoms with Crippen molar-refractivity contribution in [3.63, 3.8) is 0 Å². The number of morpholine rings is 1. The SMILES string of the molecule is CC1(C)CN(C(C)(C)C=C(C#N)C(=O)N2CCCC[C@@H](OC(=O)NC(Cc3ccccc3)B(O)O)C2)CCO1. The second kappa shape index (κ2) is 13.4. The van der Waals surface area contributed by atoms with Crippen LogP contribution in [0.3, 0.4) is 0 Å². The van der Waals surface area contributed by atoms with E-state index in [1.54, 1.807) is 11.0 Å². The number of hydrogen-bond donors (Lipinski definition) is 3. The first-order valence-electron chi connectivity index (χ1n) is 13.6. The summed E-state index contributed by atoms with van der Waals surface area (Å²) in [4.78, 5) is 29.9. The Morgan fingerprint density at radius 3 is 2.64 bits per heavy atom. The highest BCUT2D eigenvalue weighted by molar-refractivity contribution is 6.43. The third kappa shape index (κ3) is 9.07. The number of nitrogens with zero attached hydrogens (tertiary/aromatic N) is 3. The average Bonchev–Trinajstić information content (AvgIpc) is 3.12. The summed E-state index contributed by atoms with van der Waals surface area (Å²) < 4.78 is 11.4. The Hall–Kier alpha value is -2.91. The summed E-state index contributed by atoms with van der Waals surface area (Å²) in [7, 11) is -1.77. The van der Waals surface area contributed by atoms with Gasteiger partial charge in [-0.3, -0.25) is 9.69 Å². The zero-order valence-electron chi connectivity index (χ0n) is 23.4. The van der Waals surface area contributed by atoms with E-state index in [4.69, 9.17) is 9.47 Å². The number of likely N-dealkylation sites (tertiary alicyclic amines) is 1. The zero-order valence-corrected chi connectivity index (χ0v) is 23.4. The normalized spacial score (nSPS) is 21.3. The van der Waals surface area contributed by atoms with Crippen molar-refractivity contribution in [1.29, 1.82) is 5.26 Å². The van der Waals surface area contributed by atoms with Crippen molar-refractivity contribution in [2.45, 2.75) is 76.6 Å². The zero-order chi connectivity index (χ0) is 28.6. The largest absolute Gasteiger partial charge is 0.475 e. The van der Waals surface area contributed by atoms with Gasteiger partial charge in [0.05, 0.1) is 24.7 Å². The monoisotopic (exact) mass is 540 g/mol. The lowest BCUT2D eigenvalue weighted by Crippen LogP contribution is -2.55. The van der Waals surface area contributed by atoms with Gasteiger partial charge in [-0.15, -0.1) is 0 Å². The van der Waals surface area contributed by atoms with Crippen molar-refractivity contribution in [3.8, 4) is 6.07 Å². The molecule has 1 unspecified atom stereocenters. The van der Waals surface area contributed by atoms with E-state index in [1.165, 1.54) is 0 Å². The molecule has 1 aromatic carbocycles. The number of benzene rings is 1. The number of hydrogen-bond acceptors (Lipinski definition) is 8. The quantitative estimate of drug-likeness (QED) is 0.259. The second-order valence-corrected chi connectivity index (χ2v) is 11.5. The van der Waals surface area contributed by atoms with E-state index in [9.17, 15) is 24.9 Å². The maximum Gasteiger partial charge on any atom is 0.475 e. The van der Waals surface area contributed by atoms with E-state index in [-0.39, 0.29) is 30.0 Å². The minimum Gasteiger partial charge on any atom is -0.444 e. The van der Waals surface area contributed by atoms with E-state index < -0.39 is 30.8 Å². The highest BCUT2D eigenvalue weighted by Crippen LogP contribution is 2.26. The van der Waals surface area contributed by atoms with Crippen LogP contribution >= 0.6 is 0 Å². The summed E-state index contributed by atoms with van der Waals surface area (Å²) in [6.07, 6.45) is 2.60. The van der Waals surface area contributed by atoms with Crippen LogP contribution in [0.1, 0.15) is 52.5 Å². The predicted molar refractivity (Wildman–Crippen MR) is 147 cm³/mol. The molecular weight excluding hydrogens is 499 g/mol. The Balaban J connectivity index is 1.64. The molecule has 2 amide bonds. The number of nitriles is 1. The van der Waals surface area contributed by atoms with Gasteiger partial charge in [0, 0.05) is 25.2 Å². The minimum atomic E-state index is -1.77. The topological polar surface area (TPSA) is 135 Å². The minimum absolute atomic E-state index is 0.0562. The van der Waals surface area contributed by atoms with E-state index in [0.29, 0.717) is 32.7 Å². The molecular formula is C28H41BN4O6. The maximum absolute atomic E-state index is 13.4. The van der Waals surface area contributed by atoms with Crippen molar-refractivity contribution >= 4 is 19.1 Å². The Labute approximate surface area is 231 Å². The molecule has 2 aliphatic rings. The molecule has 3 N–H and O–H groups in total. The average molecular weight is 540 g/mol. The van der Waals surface area contributed by atoms with Gasteiger partial charge in [0.25, 0.3) is 5.91 Å². The Morgan fingerprint density at radius 2 is 2.00 bits per heavy atom. The fourth-order valence-corrected chi connectivity index (χ4v) is 5.08. The van der Waals surface area contributed by atoms with Gasteiger partial charge >= 0.3 is 13.2 Å². The van der Waals surface area contributed by atoms with Crippen molar-refractivity contribution in [1.82, 2.24) is 15.1 Å². The van der Waals surface area contributed by atoms with Crippen molar-refractivity contribution < 1.29 is 29.1 Å². The summed E-state index contributed by atoms with van der Waals surface area (Å²) in [6, 6.07) is 11.3. The smallest absolute Gasteiger partial charge is 0.444 e. The lowest BCUT2D eigenvalue weighted by Gasteiger charge is -2.45. The molecule has 0 saturated carbocycles. The summed E-state index contributed by atoms with van der Waals surface area (Å²) in [6.45, 7) is 10.6. The number of amides is 2. The molecule has 0 aromatic heterocycles. The van der Waals surface area contributed by atoms with Gasteiger partial charge in [0.1, 0.15) is 17.7 Å². The Bertz CT molecular complexity index is 1060. The lowest BCUT2D eigenvalue weighted by molar-refractivity contribution is -0.128. The Morgan fingerprint density at radius 1 is 1.28 bits per heavy atom. The van der Waals surface area contributed by atoms with E-state index in [2.05, 4.69) is 16.3 Å². The standard InChI is InChI=1S/C28H41BN4O6/c1-27(2,33-14-15-38-28(3,4)20-33)17-22(18-30)25(34)32-13-9-8-12-23(19-32)39-26(35)31-24(29(36)37)16-21-10-6-5-7-11-21/h5-7,10-11,17,23-24,36-37H,8-9,12-16,19-20H2,1-4H3,(H,31,35)/t23-,24?/m1/s1. The third-order valence-corrected chi connectivity index (χ3v) is 7.24. The fourth-order valence-electron chi connectivity index (χ4n) is 5.08. The number of alkyl carbamates (subject to hydrolysis) is 1. The first-order chi connectivity index (χ1) is 18.4. The van der Waals surface area contributed by atoms with Crippen LogP contribution in [0.25, 0.3) is 0 Å². The van der Waals surface area contributed by atoms with Crippen molar-refractivity contribution in [3.05, 3.63) is 47.5 Å². The second-order valence-electron chi connectivity index (χ2n) is 11.5. The van der Waals surface area contributed by atoms with Crippen LogP contribution in [0.4, 0.5) is 4.79 Å². The van der Waals surface area contributed by atoms with E-state index in [0.717, 1.165) is 18.4 Å². The first-order valence-corrected chi connectivity index (χ1v) is 13.6. The van der Waals surface area contributed by atoms with E-state index >= 15 is 0 Å². The molecule has 10 nitrogen and oxygen atoms in total. The Kier molecular flexibility index (Phi) is 10.6. The summed E-state index contributed by atoms with van der Waals surface area (Å²) in [5.41, 5.74) is 0.0344. The molecule has 0 spiro atoms. The maximum atomic E-state index is 13.4. The molecule has 2 fully saturated rings. The molecule has 11 heteroatoms. The molecule has 0 bridgehead atoms. The lowest BCUT2D eigenvalue weighted by atomic mass is 9.76. The summed E-state index contributed by atoms with van der Waals surface area (Å²) >= 11 is 0. The van der Waals surface area contributed by atoms with Crippen molar-refractivity contribution in [2.24, 2.45) is 0 Å². The molecule has 2 aliphatic heterocycles. The van der Waals surface area contributed by atoms with Gasteiger partial charge in [-0.25, -0.2) is 4.79 Å². The number of carbonyl (C=O) groups is 2. The van der Waals surface area contributed by atoms with Crippen LogP contribution in [0.15, 0.2) is 42.0 Å². The number of ether oxygens (including phenoxy) is 2. The molecule has 3 rings (SSSR count). The fraction of sp³-hybridized carbons (Fsp3) is 0.607. The number of rotatable bonds is 8. The van der Waals surface area contributed by atoms with Crippen LogP contribution in [0.2, 0.25) is 0 Å². The predicted octanol–water partition coefficient (Wildman–Crippen LogP) is 2.06. The van der Waals surface area contributed by atoms with Gasteiger partial charge < -0.3 is 29.7 Å². The highest BCUT2D eigenvalue weighted by atomic mass is 16.6. The van der Waals surface area contributed by atoms with Gasteiger partial charge in [-0.05, 0) is 65.0 Å². The molecule has 0 radical (unpaired) electrons. The molecule has 212 valence electrons. The summed E-state index contributed by atoms with van der Waals surface area (Å²) in [5, 5.41) is 32.0. The van der Waals surface area contributed by atoms with Gasteiger partial charge in [-0.1, -0.05) is 30.3 Å². The van der Waals surface area contributed by atoms with Crippen LogP contribution in [0.5, 0.6) is 0 Å². The number of carbonyl (C=O) groups excluding carboxylic acids is 2. The highest BCUT2D eigenvalue weighted by Gasteiger charge is 2.36. The summed E-state index contributed by atoms with van der Waals surface area (Å²) in [5.74, 6) is -1.34. The van der Waals surface area contributed by atoms with Gasteiger partial charge in [0.2, 0.25) is 0 Å². The molecule has 1 aromatic rings. The van der Waals surface area contributed by atoms with Gasteiger partial charge in [0.15, 0.2) is 0 Å². The molecule has 2 heterocycles. The molecule has 39 heavy (non-hydrogen) atoms. The van der Waals surface area contributed by atoms with E-state index in [1.807, 2.05) is 58.0 Å². The first kappa shape index (κ1) is 30.6. The molecule has 2 atom stereocenters. The van der Waals surface area contributed by atoms with Crippen LogP contribution in [-0.4, -0.2) is 94.9 Å². The van der Waals surface area contributed by atoms with Crippen LogP contribution < -0.4 is 5.32 Å². The third-order valence-electron chi connectivity index (χ3n) is 7.24. The van der Waals surface area contributed by atoms with Gasteiger partial charge in [-0.2, -0.15) is 5.26 Å².